The number of halogens is 1. The van der Waals surface area contributed by atoms with Crippen LogP contribution in [-0.4, -0.2) is 43.7 Å². The number of morpholine rings is 1. The normalized spacial score (nSPS) is 15.6. The van der Waals surface area contributed by atoms with Crippen LogP contribution in [-0.2, 0) is 11.2 Å². The van der Waals surface area contributed by atoms with Gasteiger partial charge in [0.05, 0.1) is 13.2 Å². The Morgan fingerprint density at radius 2 is 1.82 bits per heavy atom. The van der Waals surface area contributed by atoms with Crippen LogP contribution in [0.15, 0.2) is 47.5 Å². The zero-order valence-corrected chi connectivity index (χ0v) is 14.9. The maximum atomic E-state index is 6.02. The number of hydrogen-bond donors (Lipinski definition) is 1. The van der Waals surface area contributed by atoms with Gasteiger partial charge in [0.1, 0.15) is 0 Å². The largest absolute Gasteiger partial charge is 0.378 e. The van der Waals surface area contributed by atoms with Gasteiger partial charge < -0.3 is 15.4 Å². The Morgan fingerprint density at radius 3 is 2.59 bits per heavy atom. The summed E-state index contributed by atoms with van der Waals surface area (Å²) in [7, 11) is 0. The third kappa shape index (κ3) is 4.33. The highest BCUT2D eigenvalue weighted by atomic mass is 127. The number of nitrogens with two attached hydrogens (primary N) is 1. The highest BCUT2D eigenvalue weighted by molar-refractivity contribution is 14.0. The first-order chi connectivity index (χ1) is 10.3. The molecule has 0 radical (unpaired) electrons. The van der Waals surface area contributed by atoms with Crippen molar-refractivity contribution in [2.24, 2.45) is 10.7 Å². The summed E-state index contributed by atoms with van der Waals surface area (Å²) in [4.78, 5) is 6.58. The number of guanidine groups is 1. The highest BCUT2D eigenvalue weighted by Gasteiger charge is 2.11. The average molecular weight is 411 g/mol. The van der Waals surface area contributed by atoms with E-state index in [1.54, 1.807) is 0 Å². The van der Waals surface area contributed by atoms with Crippen LogP contribution in [0.25, 0.3) is 10.8 Å². The molecule has 1 aliphatic rings. The van der Waals surface area contributed by atoms with Crippen molar-refractivity contribution in [3.05, 3.63) is 48.0 Å². The quantitative estimate of drug-likeness (QED) is 0.480. The summed E-state index contributed by atoms with van der Waals surface area (Å²) in [6.45, 7) is 3.87. The van der Waals surface area contributed by atoms with E-state index in [2.05, 4.69) is 52.4 Å². The molecular weight excluding hydrogens is 389 g/mol. The molecule has 4 nitrogen and oxygen atoms in total. The Balaban J connectivity index is 0.00000176. The molecule has 118 valence electrons. The summed E-state index contributed by atoms with van der Waals surface area (Å²) < 4.78 is 5.31. The van der Waals surface area contributed by atoms with Crippen LogP contribution < -0.4 is 5.73 Å². The van der Waals surface area contributed by atoms with Gasteiger partial charge in [-0.15, -0.1) is 24.0 Å². The van der Waals surface area contributed by atoms with Gasteiger partial charge in [-0.25, -0.2) is 0 Å². The fourth-order valence-electron chi connectivity index (χ4n) is 2.59. The van der Waals surface area contributed by atoms with E-state index in [4.69, 9.17) is 10.5 Å². The molecule has 0 unspecified atom stereocenters. The average Bonchev–Trinajstić information content (AvgIpc) is 2.55. The second-order valence-corrected chi connectivity index (χ2v) is 5.27. The van der Waals surface area contributed by atoms with Crippen molar-refractivity contribution in [2.45, 2.75) is 6.42 Å². The van der Waals surface area contributed by atoms with Crippen LogP contribution in [0, 0.1) is 0 Å². The van der Waals surface area contributed by atoms with Crippen molar-refractivity contribution in [3.8, 4) is 0 Å². The smallest absolute Gasteiger partial charge is 0.191 e. The molecule has 5 heteroatoms. The van der Waals surface area contributed by atoms with Gasteiger partial charge in [0.25, 0.3) is 0 Å². The Hall–Kier alpha value is -1.34. The van der Waals surface area contributed by atoms with Crippen molar-refractivity contribution >= 4 is 40.7 Å². The van der Waals surface area contributed by atoms with E-state index in [0.29, 0.717) is 5.96 Å². The van der Waals surface area contributed by atoms with E-state index >= 15 is 0 Å². The number of hydrogen-bond acceptors (Lipinski definition) is 2. The minimum Gasteiger partial charge on any atom is -0.378 e. The van der Waals surface area contributed by atoms with Crippen LogP contribution in [0.4, 0.5) is 0 Å². The van der Waals surface area contributed by atoms with Crippen molar-refractivity contribution in [1.82, 2.24) is 4.90 Å². The number of nitrogens with zero attached hydrogens (tertiary/aromatic N) is 2. The van der Waals surface area contributed by atoms with Crippen LogP contribution >= 0.6 is 24.0 Å². The SMILES string of the molecule is I.NC(=NCCc1ccc2ccccc2c1)N1CCOCC1. The van der Waals surface area contributed by atoms with Crippen molar-refractivity contribution in [1.29, 1.82) is 0 Å². The van der Waals surface area contributed by atoms with E-state index in [0.717, 1.165) is 39.3 Å². The number of rotatable bonds is 3. The summed E-state index contributed by atoms with van der Waals surface area (Å²) in [6.07, 6.45) is 0.913. The summed E-state index contributed by atoms with van der Waals surface area (Å²) in [5.41, 5.74) is 7.32. The van der Waals surface area contributed by atoms with Gasteiger partial charge in [0.2, 0.25) is 0 Å². The van der Waals surface area contributed by atoms with E-state index in [1.807, 2.05) is 0 Å². The molecule has 0 aromatic heterocycles. The number of aliphatic imine (C=N–C) groups is 1. The molecule has 0 atom stereocenters. The second-order valence-electron chi connectivity index (χ2n) is 5.27. The molecule has 2 aromatic carbocycles. The van der Waals surface area contributed by atoms with E-state index in [1.165, 1.54) is 16.3 Å². The molecule has 0 saturated carbocycles. The molecule has 1 saturated heterocycles. The van der Waals surface area contributed by atoms with Gasteiger partial charge in [-0.3, -0.25) is 4.99 Å². The molecule has 1 heterocycles. The predicted molar refractivity (Wildman–Crippen MR) is 102 cm³/mol. The molecule has 0 bridgehead atoms. The van der Waals surface area contributed by atoms with Gasteiger partial charge in [-0.05, 0) is 22.8 Å². The van der Waals surface area contributed by atoms with Gasteiger partial charge in [-0.2, -0.15) is 0 Å². The first-order valence-corrected chi connectivity index (χ1v) is 7.43. The fraction of sp³-hybridized carbons (Fsp3) is 0.353. The number of benzene rings is 2. The lowest BCUT2D eigenvalue weighted by Crippen LogP contribution is -2.44. The first kappa shape index (κ1) is 17.0. The zero-order valence-electron chi connectivity index (χ0n) is 12.6. The Morgan fingerprint density at radius 1 is 1.09 bits per heavy atom. The third-order valence-electron chi connectivity index (χ3n) is 3.82. The van der Waals surface area contributed by atoms with Gasteiger partial charge in [-0.1, -0.05) is 42.5 Å². The van der Waals surface area contributed by atoms with Gasteiger partial charge in [0, 0.05) is 19.6 Å². The van der Waals surface area contributed by atoms with Crippen LogP contribution in [0.2, 0.25) is 0 Å². The standard InChI is InChI=1S/C17H21N3O.HI/c18-17(20-9-11-21-12-10-20)19-8-7-14-5-6-15-3-1-2-4-16(15)13-14;/h1-6,13H,7-12H2,(H2,18,19);1H. The third-order valence-corrected chi connectivity index (χ3v) is 3.82. The van der Waals surface area contributed by atoms with Gasteiger partial charge >= 0.3 is 0 Å². The summed E-state index contributed by atoms with van der Waals surface area (Å²) >= 11 is 0. The van der Waals surface area contributed by atoms with Crippen LogP contribution in [0.1, 0.15) is 5.56 Å². The molecule has 22 heavy (non-hydrogen) atoms. The van der Waals surface area contributed by atoms with Crippen molar-refractivity contribution < 1.29 is 4.74 Å². The maximum Gasteiger partial charge on any atom is 0.191 e. The highest BCUT2D eigenvalue weighted by Crippen LogP contribution is 2.15. The molecule has 1 fully saturated rings. The predicted octanol–water partition coefficient (Wildman–Crippen LogP) is 2.65. The first-order valence-electron chi connectivity index (χ1n) is 7.43. The van der Waals surface area contributed by atoms with Crippen LogP contribution in [0.3, 0.4) is 0 Å². The van der Waals surface area contributed by atoms with Gasteiger partial charge in [0.15, 0.2) is 5.96 Å². The van der Waals surface area contributed by atoms with Crippen LogP contribution in [0.5, 0.6) is 0 Å². The molecule has 2 N–H and O–H groups in total. The Labute approximate surface area is 148 Å². The van der Waals surface area contributed by atoms with Crippen molar-refractivity contribution in [2.75, 3.05) is 32.8 Å². The topological polar surface area (TPSA) is 50.8 Å². The monoisotopic (exact) mass is 411 g/mol. The Bertz CT molecular complexity index is 639. The van der Waals surface area contributed by atoms with Crippen molar-refractivity contribution in [3.63, 3.8) is 0 Å². The van der Waals surface area contributed by atoms with E-state index < -0.39 is 0 Å². The lowest BCUT2D eigenvalue weighted by Gasteiger charge is -2.27. The summed E-state index contributed by atoms with van der Waals surface area (Å²) in [5.74, 6) is 0.638. The molecule has 0 spiro atoms. The lowest BCUT2D eigenvalue weighted by molar-refractivity contribution is 0.0674. The number of fused-ring (bicyclic) bond motifs is 1. The summed E-state index contributed by atoms with van der Waals surface area (Å²) in [5, 5.41) is 2.55. The molecule has 0 amide bonds. The maximum absolute atomic E-state index is 6.02. The Kier molecular flexibility index (Phi) is 6.45. The summed E-state index contributed by atoms with van der Waals surface area (Å²) in [6, 6.07) is 15.0. The minimum atomic E-state index is 0. The molecule has 0 aliphatic carbocycles. The molecular formula is C17H22IN3O. The minimum absolute atomic E-state index is 0. The fourth-order valence-corrected chi connectivity index (χ4v) is 2.59. The number of ether oxygens (including phenoxy) is 1. The van der Waals surface area contributed by atoms with E-state index in [9.17, 15) is 0 Å². The van der Waals surface area contributed by atoms with E-state index in [-0.39, 0.29) is 24.0 Å². The molecule has 1 aliphatic heterocycles. The molecule has 3 rings (SSSR count). The second kappa shape index (κ2) is 8.33. The zero-order chi connectivity index (χ0) is 14.5. The molecule has 2 aromatic rings. The lowest BCUT2D eigenvalue weighted by atomic mass is 10.1.